The molecule has 0 atom stereocenters. The van der Waals surface area contributed by atoms with Gasteiger partial charge in [-0.25, -0.2) is 0 Å². The predicted molar refractivity (Wildman–Crippen MR) is 114 cm³/mol. The smallest absolute Gasteiger partial charge is 0.258 e. The van der Waals surface area contributed by atoms with Crippen LogP contribution < -0.4 is 10.3 Å². The molecular formula is C24H26N2O3. The van der Waals surface area contributed by atoms with Crippen molar-refractivity contribution in [2.75, 3.05) is 7.11 Å². The number of hydrogen-bond donors (Lipinski definition) is 1. The first-order chi connectivity index (χ1) is 14.1. The maximum atomic E-state index is 13.5. The van der Waals surface area contributed by atoms with Gasteiger partial charge in [-0.15, -0.1) is 0 Å². The zero-order valence-electron chi connectivity index (χ0n) is 16.9. The van der Waals surface area contributed by atoms with Crippen molar-refractivity contribution in [2.24, 2.45) is 0 Å². The minimum Gasteiger partial charge on any atom is -0.496 e. The van der Waals surface area contributed by atoms with E-state index in [4.69, 9.17) is 4.74 Å². The van der Waals surface area contributed by atoms with Crippen molar-refractivity contribution >= 4 is 16.8 Å². The summed E-state index contributed by atoms with van der Waals surface area (Å²) in [5.41, 5.74) is 2.95. The normalized spacial score (nSPS) is 14.3. The lowest BCUT2D eigenvalue weighted by Gasteiger charge is -2.29. The molecular weight excluding hydrogens is 364 g/mol. The number of para-hydroxylation sites is 1. The van der Waals surface area contributed by atoms with Crippen molar-refractivity contribution in [3.8, 4) is 5.75 Å². The van der Waals surface area contributed by atoms with E-state index >= 15 is 0 Å². The molecule has 1 aliphatic rings. The Balaban J connectivity index is 1.73. The summed E-state index contributed by atoms with van der Waals surface area (Å²) in [7, 11) is 1.57. The molecule has 0 bridgehead atoms. The molecule has 5 nitrogen and oxygen atoms in total. The highest BCUT2D eigenvalue weighted by Gasteiger charge is 2.29. The zero-order valence-corrected chi connectivity index (χ0v) is 16.9. The molecule has 1 saturated carbocycles. The van der Waals surface area contributed by atoms with Crippen LogP contribution in [0.2, 0.25) is 0 Å². The molecule has 1 aromatic heterocycles. The number of methoxy groups -OCH3 is 1. The number of aromatic nitrogens is 1. The molecule has 0 spiro atoms. The highest BCUT2D eigenvalue weighted by atomic mass is 16.5. The molecule has 1 N–H and O–H groups in total. The Labute approximate surface area is 170 Å². The molecule has 1 heterocycles. The van der Waals surface area contributed by atoms with Gasteiger partial charge in [0.2, 0.25) is 0 Å². The van der Waals surface area contributed by atoms with Gasteiger partial charge in [0.1, 0.15) is 5.75 Å². The van der Waals surface area contributed by atoms with Gasteiger partial charge in [-0.05, 0) is 55.5 Å². The Morgan fingerprint density at radius 3 is 2.66 bits per heavy atom. The molecule has 0 radical (unpaired) electrons. The molecule has 1 amide bonds. The maximum absolute atomic E-state index is 13.5. The number of carbonyl (C=O) groups excluding carboxylic acids is 1. The van der Waals surface area contributed by atoms with E-state index in [2.05, 4.69) is 11.1 Å². The van der Waals surface area contributed by atoms with Crippen molar-refractivity contribution in [2.45, 2.75) is 45.2 Å². The molecule has 0 unspecified atom stereocenters. The molecule has 4 rings (SSSR count). The maximum Gasteiger partial charge on any atom is 0.258 e. The van der Waals surface area contributed by atoms with Crippen LogP contribution in [0.3, 0.4) is 0 Å². The van der Waals surface area contributed by atoms with Gasteiger partial charge in [-0.3, -0.25) is 9.59 Å². The average molecular weight is 390 g/mol. The fraction of sp³-hybridized carbons (Fsp3) is 0.333. The third-order valence-electron chi connectivity index (χ3n) is 5.78. The van der Waals surface area contributed by atoms with Crippen LogP contribution in [-0.4, -0.2) is 28.9 Å². The monoisotopic (exact) mass is 390 g/mol. The molecule has 29 heavy (non-hydrogen) atoms. The number of amides is 1. The molecule has 3 aromatic rings. The number of hydrogen-bond acceptors (Lipinski definition) is 3. The van der Waals surface area contributed by atoms with Crippen molar-refractivity contribution in [3.63, 3.8) is 0 Å². The first-order valence-electron chi connectivity index (χ1n) is 10.1. The number of rotatable bonds is 5. The number of H-pyrrole nitrogens is 1. The Kier molecular flexibility index (Phi) is 5.38. The van der Waals surface area contributed by atoms with Crippen LogP contribution in [0, 0.1) is 6.92 Å². The quantitative estimate of drug-likeness (QED) is 0.701. The van der Waals surface area contributed by atoms with Crippen molar-refractivity contribution in [3.05, 3.63) is 75.6 Å². The summed E-state index contributed by atoms with van der Waals surface area (Å²) in [6.45, 7) is 2.32. The number of ether oxygens (including phenoxy) is 1. The van der Waals surface area contributed by atoms with E-state index in [-0.39, 0.29) is 17.5 Å². The summed E-state index contributed by atoms with van der Waals surface area (Å²) >= 11 is 0. The Morgan fingerprint density at radius 2 is 1.90 bits per heavy atom. The Hall–Kier alpha value is -3.08. The number of nitrogens with one attached hydrogen (secondary N) is 1. The van der Waals surface area contributed by atoms with Crippen LogP contribution in [0.15, 0.2) is 53.3 Å². The van der Waals surface area contributed by atoms with Crippen LogP contribution in [0.25, 0.3) is 10.9 Å². The molecule has 0 aliphatic heterocycles. The fourth-order valence-electron chi connectivity index (χ4n) is 4.23. The first kappa shape index (κ1) is 19.2. The average Bonchev–Trinajstić information content (AvgIpc) is 3.26. The first-order valence-corrected chi connectivity index (χ1v) is 10.1. The van der Waals surface area contributed by atoms with Crippen LogP contribution in [-0.2, 0) is 6.54 Å². The minimum absolute atomic E-state index is 0.0851. The van der Waals surface area contributed by atoms with Crippen molar-refractivity contribution in [1.82, 2.24) is 9.88 Å². The van der Waals surface area contributed by atoms with Gasteiger partial charge in [0.05, 0.1) is 19.2 Å². The lowest BCUT2D eigenvalue weighted by atomic mass is 10.1. The summed E-state index contributed by atoms with van der Waals surface area (Å²) in [6.07, 6.45) is 4.14. The van der Waals surface area contributed by atoms with Crippen LogP contribution >= 0.6 is 0 Å². The molecule has 0 saturated heterocycles. The van der Waals surface area contributed by atoms with Crippen LogP contribution in [0.5, 0.6) is 5.75 Å². The van der Waals surface area contributed by atoms with Crippen molar-refractivity contribution < 1.29 is 9.53 Å². The summed E-state index contributed by atoms with van der Waals surface area (Å²) in [4.78, 5) is 31.0. The Morgan fingerprint density at radius 1 is 1.14 bits per heavy atom. The van der Waals surface area contributed by atoms with Crippen LogP contribution in [0.4, 0.5) is 0 Å². The SMILES string of the molecule is COc1ccccc1C(=O)N(Cc1cc2cc(C)ccc2[nH]c1=O)C1CCCC1. The van der Waals surface area contributed by atoms with Gasteiger partial charge in [-0.2, -0.15) is 0 Å². The zero-order chi connectivity index (χ0) is 20.4. The summed E-state index contributed by atoms with van der Waals surface area (Å²) < 4.78 is 5.41. The largest absolute Gasteiger partial charge is 0.496 e. The second-order valence-electron chi connectivity index (χ2n) is 7.79. The lowest BCUT2D eigenvalue weighted by Crippen LogP contribution is -2.39. The van der Waals surface area contributed by atoms with E-state index in [0.29, 0.717) is 23.4 Å². The third-order valence-corrected chi connectivity index (χ3v) is 5.78. The number of benzene rings is 2. The van der Waals surface area contributed by atoms with E-state index in [9.17, 15) is 9.59 Å². The fourth-order valence-corrected chi connectivity index (χ4v) is 4.23. The number of aromatic amines is 1. The molecule has 1 fully saturated rings. The van der Waals surface area contributed by atoms with Gasteiger partial charge in [0.15, 0.2) is 0 Å². The summed E-state index contributed by atoms with van der Waals surface area (Å²) in [5.74, 6) is 0.474. The highest BCUT2D eigenvalue weighted by Crippen LogP contribution is 2.29. The number of nitrogens with zero attached hydrogens (tertiary/aromatic N) is 1. The van der Waals surface area contributed by atoms with E-state index in [0.717, 1.165) is 42.1 Å². The number of carbonyl (C=O) groups is 1. The van der Waals surface area contributed by atoms with E-state index in [1.807, 2.05) is 42.2 Å². The van der Waals surface area contributed by atoms with Gasteiger partial charge in [0.25, 0.3) is 11.5 Å². The molecule has 2 aromatic carbocycles. The topological polar surface area (TPSA) is 62.4 Å². The van der Waals surface area contributed by atoms with E-state index < -0.39 is 0 Å². The minimum atomic E-state index is -0.142. The number of fused-ring (bicyclic) bond motifs is 1. The lowest BCUT2D eigenvalue weighted by molar-refractivity contribution is 0.0660. The van der Waals surface area contributed by atoms with E-state index in [1.54, 1.807) is 19.2 Å². The summed E-state index contributed by atoms with van der Waals surface area (Å²) in [5, 5.41) is 0.982. The number of pyridine rings is 1. The molecule has 1 aliphatic carbocycles. The second-order valence-corrected chi connectivity index (χ2v) is 7.79. The second kappa shape index (κ2) is 8.11. The standard InChI is InChI=1S/C24H26N2O3/c1-16-11-12-21-17(13-16)14-18(23(27)25-21)15-26(19-7-3-4-8-19)24(28)20-9-5-6-10-22(20)29-2/h5-6,9-14,19H,3-4,7-8,15H2,1-2H3,(H,25,27). The van der Waals surface area contributed by atoms with E-state index in [1.165, 1.54) is 0 Å². The molecule has 150 valence electrons. The van der Waals surface area contributed by atoms with Crippen molar-refractivity contribution in [1.29, 1.82) is 0 Å². The number of aryl methyl sites for hydroxylation is 1. The predicted octanol–water partition coefficient (Wildman–Crippen LogP) is 4.43. The summed E-state index contributed by atoms with van der Waals surface area (Å²) in [6, 6.07) is 15.3. The Bertz CT molecular complexity index is 1100. The van der Waals surface area contributed by atoms with Gasteiger partial charge in [-0.1, -0.05) is 36.6 Å². The highest BCUT2D eigenvalue weighted by molar-refractivity contribution is 5.97. The van der Waals surface area contributed by atoms with Crippen LogP contribution in [0.1, 0.15) is 47.2 Å². The molecule has 5 heteroatoms. The third kappa shape index (κ3) is 3.90. The van der Waals surface area contributed by atoms with Gasteiger partial charge >= 0.3 is 0 Å². The van der Waals surface area contributed by atoms with Gasteiger partial charge < -0.3 is 14.6 Å². The van der Waals surface area contributed by atoms with Gasteiger partial charge in [0, 0.05) is 17.1 Å².